The molecular weight excluding hydrogens is 362 g/mol. The van der Waals surface area contributed by atoms with E-state index in [4.69, 9.17) is 10.4 Å². The van der Waals surface area contributed by atoms with Crippen LogP contribution in [0.5, 0.6) is 0 Å². The molecule has 0 radical (unpaired) electrons. The maximum atomic E-state index is 11.6. The first kappa shape index (κ1) is 21.2. The summed E-state index contributed by atoms with van der Waals surface area (Å²) in [6.07, 6.45) is 4.41. The number of hydrogen-bond donors (Lipinski definition) is 3. The number of pyridine rings is 1. The average Bonchev–Trinajstić information content (AvgIpc) is 2.71. The number of amidine groups is 1. The van der Waals surface area contributed by atoms with Crippen molar-refractivity contribution >= 4 is 28.5 Å². The SMILES string of the molecule is CCC(CC)NC1CCN(c2nc3ccccc3c(C)c2C(=N)NC(C)=O)CC1. The van der Waals surface area contributed by atoms with Gasteiger partial charge in [0.2, 0.25) is 5.91 Å². The number of nitrogens with one attached hydrogen (secondary N) is 3. The van der Waals surface area contributed by atoms with Crippen LogP contribution in [0.4, 0.5) is 5.82 Å². The largest absolute Gasteiger partial charge is 0.356 e. The Morgan fingerprint density at radius 2 is 1.90 bits per heavy atom. The number of hydrogen-bond acceptors (Lipinski definition) is 5. The molecule has 29 heavy (non-hydrogen) atoms. The number of para-hydroxylation sites is 1. The number of piperidine rings is 1. The molecule has 0 bridgehead atoms. The maximum Gasteiger partial charge on any atom is 0.222 e. The fourth-order valence-electron chi connectivity index (χ4n) is 4.24. The second-order valence-corrected chi connectivity index (χ2v) is 7.95. The number of carbonyl (C=O) groups is 1. The van der Waals surface area contributed by atoms with Crippen LogP contribution in [0.2, 0.25) is 0 Å². The van der Waals surface area contributed by atoms with Gasteiger partial charge in [-0.05, 0) is 44.2 Å². The van der Waals surface area contributed by atoms with Gasteiger partial charge in [0.15, 0.2) is 0 Å². The number of rotatable bonds is 6. The normalized spacial score (nSPS) is 15.1. The third-order valence-corrected chi connectivity index (χ3v) is 5.94. The topological polar surface area (TPSA) is 81.1 Å². The number of nitrogens with zero attached hydrogens (tertiary/aromatic N) is 2. The van der Waals surface area contributed by atoms with Crippen molar-refractivity contribution in [3.63, 3.8) is 0 Å². The summed E-state index contributed by atoms with van der Waals surface area (Å²) >= 11 is 0. The summed E-state index contributed by atoms with van der Waals surface area (Å²) in [7, 11) is 0. The van der Waals surface area contributed by atoms with Crippen LogP contribution < -0.4 is 15.5 Å². The van der Waals surface area contributed by atoms with Crippen LogP contribution in [-0.4, -0.2) is 41.9 Å². The highest BCUT2D eigenvalue weighted by Gasteiger charge is 2.26. The summed E-state index contributed by atoms with van der Waals surface area (Å²) in [5.74, 6) is 0.697. The minimum atomic E-state index is -0.235. The van der Waals surface area contributed by atoms with Crippen molar-refractivity contribution in [1.29, 1.82) is 5.41 Å². The minimum absolute atomic E-state index is 0.125. The van der Waals surface area contributed by atoms with Gasteiger partial charge in [-0.3, -0.25) is 10.2 Å². The van der Waals surface area contributed by atoms with E-state index < -0.39 is 0 Å². The van der Waals surface area contributed by atoms with E-state index >= 15 is 0 Å². The summed E-state index contributed by atoms with van der Waals surface area (Å²) in [5, 5.41) is 16.0. The van der Waals surface area contributed by atoms with Gasteiger partial charge < -0.3 is 15.5 Å². The maximum absolute atomic E-state index is 11.6. The van der Waals surface area contributed by atoms with Gasteiger partial charge in [0.05, 0.1) is 11.1 Å². The summed E-state index contributed by atoms with van der Waals surface area (Å²) in [5.41, 5.74) is 2.64. The van der Waals surface area contributed by atoms with E-state index in [9.17, 15) is 4.79 Å². The highest BCUT2D eigenvalue weighted by molar-refractivity contribution is 6.11. The Bertz CT molecular complexity index is 882. The van der Waals surface area contributed by atoms with Crippen molar-refractivity contribution in [2.45, 2.75) is 65.5 Å². The number of anilines is 1. The lowest BCUT2D eigenvalue weighted by Gasteiger charge is -2.36. The van der Waals surface area contributed by atoms with Crippen molar-refractivity contribution < 1.29 is 4.79 Å². The van der Waals surface area contributed by atoms with E-state index in [-0.39, 0.29) is 11.7 Å². The van der Waals surface area contributed by atoms with E-state index in [0.717, 1.165) is 66.6 Å². The molecule has 1 aromatic heterocycles. The van der Waals surface area contributed by atoms with Crippen LogP contribution in [0.1, 0.15) is 57.6 Å². The van der Waals surface area contributed by atoms with Gasteiger partial charge in [0, 0.05) is 37.5 Å². The molecule has 6 heteroatoms. The molecule has 1 aliphatic rings. The molecule has 1 fully saturated rings. The number of benzene rings is 1. The monoisotopic (exact) mass is 395 g/mol. The zero-order valence-electron chi connectivity index (χ0n) is 18.0. The molecule has 3 N–H and O–H groups in total. The predicted octanol–water partition coefficient (Wildman–Crippen LogP) is 3.75. The summed E-state index contributed by atoms with van der Waals surface area (Å²) in [6, 6.07) is 9.12. The molecule has 2 heterocycles. The average molecular weight is 396 g/mol. The zero-order chi connectivity index (χ0) is 21.0. The summed E-state index contributed by atoms with van der Waals surface area (Å²) < 4.78 is 0. The van der Waals surface area contributed by atoms with Crippen molar-refractivity contribution in [3.8, 4) is 0 Å². The lowest BCUT2D eigenvalue weighted by Crippen LogP contribution is -2.46. The third kappa shape index (κ3) is 4.75. The molecule has 1 amide bonds. The fraction of sp³-hybridized carbons (Fsp3) is 0.522. The van der Waals surface area contributed by atoms with Gasteiger partial charge in [-0.25, -0.2) is 4.98 Å². The molecule has 0 aliphatic carbocycles. The third-order valence-electron chi connectivity index (χ3n) is 5.94. The van der Waals surface area contributed by atoms with Gasteiger partial charge in [-0.15, -0.1) is 0 Å². The summed E-state index contributed by atoms with van der Waals surface area (Å²) in [4.78, 5) is 18.8. The van der Waals surface area contributed by atoms with Crippen molar-refractivity contribution in [2.24, 2.45) is 0 Å². The van der Waals surface area contributed by atoms with Crippen LogP contribution in [0.25, 0.3) is 10.9 Å². The first-order valence-corrected chi connectivity index (χ1v) is 10.7. The predicted molar refractivity (Wildman–Crippen MR) is 120 cm³/mol. The highest BCUT2D eigenvalue weighted by atomic mass is 16.1. The molecule has 0 atom stereocenters. The van der Waals surface area contributed by atoms with E-state index in [2.05, 4.69) is 29.4 Å². The lowest BCUT2D eigenvalue weighted by molar-refractivity contribution is -0.117. The zero-order valence-corrected chi connectivity index (χ0v) is 18.0. The van der Waals surface area contributed by atoms with E-state index in [1.165, 1.54) is 6.92 Å². The lowest BCUT2D eigenvalue weighted by atomic mass is 9.99. The van der Waals surface area contributed by atoms with E-state index in [1.807, 2.05) is 31.2 Å². The highest BCUT2D eigenvalue weighted by Crippen LogP contribution is 2.30. The Kier molecular flexibility index (Phi) is 6.85. The Labute approximate surface area is 173 Å². The Morgan fingerprint density at radius 3 is 2.52 bits per heavy atom. The molecule has 3 rings (SSSR count). The molecule has 0 unspecified atom stereocenters. The molecule has 1 saturated heterocycles. The standard InChI is InChI=1S/C23H33N5O/c1-5-17(6-2)26-18-11-13-28(14-12-18)23-21(22(24)25-16(4)29)15(3)19-9-7-8-10-20(19)27-23/h7-10,17-18,26H,5-6,11-14H2,1-4H3,(H2,24,25,29). The van der Waals surface area contributed by atoms with Gasteiger partial charge >= 0.3 is 0 Å². The number of fused-ring (bicyclic) bond motifs is 1. The number of aromatic nitrogens is 1. The van der Waals surface area contributed by atoms with Crippen LogP contribution >= 0.6 is 0 Å². The van der Waals surface area contributed by atoms with Crippen molar-refractivity contribution in [2.75, 3.05) is 18.0 Å². The molecule has 0 spiro atoms. The van der Waals surface area contributed by atoms with Crippen molar-refractivity contribution in [1.82, 2.24) is 15.6 Å². The van der Waals surface area contributed by atoms with Crippen molar-refractivity contribution in [3.05, 3.63) is 35.4 Å². The molecule has 1 aromatic carbocycles. The van der Waals surface area contributed by atoms with Gasteiger partial charge in [0.25, 0.3) is 0 Å². The molecule has 6 nitrogen and oxygen atoms in total. The number of carbonyl (C=O) groups excluding carboxylic acids is 1. The number of aryl methyl sites for hydroxylation is 1. The van der Waals surface area contributed by atoms with Crippen LogP contribution in [-0.2, 0) is 4.79 Å². The first-order valence-electron chi connectivity index (χ1n) is 10.7. The van der Waals surface area contributed by atoms with Crippen LogP contribution in [0, 0.1) is 12.3 Å². The molecule has 1 aliphatic heterocycles. The minimum Gasteiger partial charge on any atom is -0.356 e. The molecule has 0 saturated carbocycles. The molecular formula is C23H33N5O. The second kappa shape index (κ2) is 9.35. The van der Waals surface area contributed by atoms with Gasteiger partial charge in [-0.2, -0.15) is 0 Å². The fourth-order valence-corrected chi connectivity index (χ4v) is 4.24. The summed E-state index contributed by atoms with van der Waals surface area (Å²) in [6.45, 7) is 9.70. The Balaban J connectivity index is 1.90. The van der Waals surface area contributed by atoms with Crippen LogP contribution in [0.15, 0.2) is 24.3 Å². The Morgan fingerprint density at radius 1 is 1.24 bits per heavy atom. The quantitative estimate of drug-likeness (QED) is 0.514. The number of amides is 1. The van der Waals surface area contributed by atoms with Crippen LogP contribution in [0.3, 0.4) is 0 Å². The molecule has 156 valence electrons. The van der Waals surface area contributed by atoms with Gasteiger partial charge in [0.1, 0.15) is 11.7 Å². The van der Waals surface area contributed by atoms with Gasteiger partial charge in [-0.1, -0.05) is 32.0 Å². The van der Waals surface area contributed by atoms with E-state index in [0.29, 0.717) is 12.1 Å². The smallest absolute Gasteiger partial charge is 0.222 e. The molecule has 2 aromatic rings. The Hall–Kier alpha value is -2.47. The van der Waals surface area contributed by atoms with E-state index in [1.54, 1.807) is 0 Å². The first-order chi connectivity index (χ1) is 13.9. The second-order valence-electron chi connectivity index (χ2n) is 7.95.